The molecular formula is C11H16ClNO. The summed E-state index contributed by atoms with van der Waals surface area (Å²) in [7, 11) is 0. The normalized spacial score (nSPS) is 10.2. The maximum absolute atomic E-state index is 6.01. The molecule has 0 amide bonds. The van der Waals surface area contributed by atoms with Crippen molar-refractivity contribution in [3.8, 4) is 5.75 Å². The fourth-order valence-corrected chi connectivity index (χ4v) is 1.37. The van der Waals surface area contributed by atoms with E-state index in [1.807, 2.05) is 18.2 Å². The van der Waals surface area contributed by atoms with Crippen molar-refractivity contribution in [3.05, 3.63) is 28.8 Å². The smallest absolute Gasteiger partial charge is 0.137 e. The molecule has 0 radical (unpaired) electrons. The Morgan fingerprint density at radius 2 is 2.21 bits per heavy atom. The first-order valence-corrected chi connectivity index (χ1v) is 5.27. The van der Waals surface area contributed by atoms with Gasteiger partial charge in [0.1, 0.15) is 5.75 Å². The average molecular weight is 214 g/mol. The minimum atomic E-state index is 0.509. The zero-order chi connectivity index (χ0) is 10.4. The fourth-order valence-electron chi connectivity index (χ4n) is 1.11. The minimum absolute atomic E-state index is 0.509. The van der Waals surface area contributed by atoms with Crippen LogP contribution in [0, 0.1) is 0 Å². The predicted octanol–water partition coefficient (Wildman–Crippen LogP) is 2.98. The van der Waals surface area contributed by atoms with Gasteiger partial charge in [-0.15, -0.1) is 0 Å². The molecule has 1 rings (SSSR count). The Morgan fingerprint density at radius 3 is 2.79 bits per heavy atom. The van der Waals surface area contributed by atoms with E-state index in [1.54, 1.807) is 0 Å². The molecule has 0 saturated heterocycles. The largest absolute Gasteiger partial charge is 0.492 e. The summed E-state index contributed by atoms with van der Waals surface area (Å²) in [5.74, 6) is 0.748. The zero-order valence-corrected chi connectivity index (χ0v) is 9.18. The lowest BCUT2D eigenvalue weighted by atomic mass is 10.2. The van der Waals surface area contributed by atoms with Crippen LogP contribution in [0.15, 0.2) is 18.2 Å². The van der Waals surface area contributed by atoms with Gasteiger partial charge in [0, 0.05) is 6.54 Å². The summed E-state index contributed by atoms with van der Waals surface area (Å²) < 4.78 is 5.50. The summed E-state index contributed by atoms with van der Waals surface area (Å²) in [6, 6.07) is 5.66. The summed E-state index contributed by atoms with van der Waals surface area (Å²) in [6.45, 7) is 3.36. The van der Waals surface area contributed by atoms with Crippen LogP contribution in [0.25, 0.3) is 0 Å². The molecule has 0 aliphatic heterocycles. The van der Waals surface area contributed by atoms with Crippen molar-refractivity contribution in [2.75, 3.05) is 6.61 Å². The van der Waals surface area contributed by atoms with Crippen molar-refractivity contribution in [1.82, 2.24) is 0 Å². The molecule has 1 aromatic carbocycles. The highest BCUT2D eigenvalue weighted by molar-refractivity contribution is 6.32. The van der Waals surface area contributed by atoms with E-state index in [4.69, 9.17) is 22.1 Å². The molecule has 3 heteroatoms. The fraction of sp³-hybridized carbons (Fsp3) is 0.455. The van der Waals surface area contributed by atoms with Crippen molar-refractivity contribution in [2.24, 2.45) is 5.73 Å². The number of benzene rings is 1. The number of halogens is 1. The molecule has 14 heavy (non-hydrogen) atoms. The van der Waals surface area contributed by atoms with Crippen LogP contribution in [0.1, 0.15) is 25.3 Å². The highest BCUT2D eigenvalue weighted by Crippen LogP contribution is 2.25. The Bertz CT molecular complexity index is 289. The Morgan fingerprint density at radius 1 is 1.43 bits per heavy atom. The van der Waals surface area contributed by atoms with Gasteiger partial charge in [0.05, 0.1) is 11.6 Å². The third-order valence-electron chi connectivity index (χ3n) is 1.99. The molecule has 0 saturated carbocycles. The summed E-state index contributed by atoms with van der Waals surface area (Å²) in [4.78, 5) is 0. The van der Waals surface area contributed by atoms with Crippen LogP contribution in [0.5, 0.6) is 5.75 Å². The lowest BCUT2D eigenvalue weighted by Crippen LogP contribution is -1.99. The van der Waals surface area contributed by atoms with E-state index in [0.717, 1.165) is 30.8 Å². The van der Waals surface area contributed by atoms with Crippen LogP contribution in [0.4, 0.5) is 0 Å². The Hall–Kier alpha value is -0.730. The summed E-state index contributed by atoms with van der Waals surface area (Å²) in [6.07, 6.45) is 2.17. The van der Waals surface area contributed by atoms with E-state index in [9.17, 15) is 0 Å². The first-order chi connectivity index (χ1) is 6.77. The predicted molar refractivity (Wildman–Crippen MR) is 59.7 cm³/mol. The van der Waals surface area contributed by atoms with Gasteiger partial charge in [-0.2, -0.15) is 0 Å². The Kier molecular flexibility index (Phi) is 4.77. The minimum Gasteiger partial charge on any atom is -0.492 e. The number of hydrogen-bond donors (Lipinski definition) is 1. The molecule has 2 nitrogen and oxygen atoms in total. The lowest BCUT2D eigenvalue weighted by molar-refractivity contribution is 0.309. The van der Waals surface area contributed by atoms with Gasteiger partial charge >= 0.3 is 0 Å². The van der Waals surface area contributed by atoms with E-state index < -0.39 is 0 Å². The van der Waals surface area contributed by atoms with Crippen molar-refractivity contribution in [2.45, 2.75) is 26.3 Å². The van der Waals surface area contributed by atoms with Gasteiger partial charge in [0.25, 0.3) is 0 Å². The van der Waals surface area contributed by atoms with Crippen LogP contribution in [0.2, 0.25) is 5.02 Å². The third-order valence-corrected chi connectivity index (χ3v) is 2.28. The molecule has 0 unspecified atom stereocenters. The second-order valence-corrected chi connectivity index (χ2v) is 3.58. The molecule has 0 bridgehead atoms. The maximum atomic E-state index is 6.01. The van der Waals surface area contributed by atoms with Gasteiger partial charge in [-0.3, -0.25) is 0 Å². The number of ether oxygens (including phenoxy) is 1. The van der Waals surface area contributed by atoms with Gasteiger partial charge in [0.2, 0.25) is 0 Å². The molecule has 78 valence electrons. The van der Waals surface area contributed by atoms with Gasteiger partial charge in [-0.1, -0.05) is 31.0 Å². The first kappa shape index (κ1) is 11.3. The second kappa shape index (κ2) is 5.89. The quantitative estimate of drug-likeness (QED) is 0.764. The van der Waals surface area contributed by atoms with E-state index in [1.165, 1.54) is 0 Å². The topological polar surface area (TPSA) is 35.2 Å². The summed E-state index contributed by atoms with van der Waals surface area (Å²) in [5.41, 5.74) is 6.52. The van der Waals surface area contributed by atoms with E-state index in [2.05, 4.69) is 6.92 Å². The van der Waals surface area contributed by atoms with Gasteiger partial charge in [0.15, 0.2) is 0 Å². The number of nitrogens with two attached hydrogens (primary N) is 1. The van der Waals surface area contributed by atoms with E-state index >= 15 is 0 Å². The second-order valence-electron chi connectivity index (χ2n) is 3.17. The first-order valence-electron chi connectivity index (χ1n) is 4.89. The average Bonchev–Trinajstić information content (AvgIpc) is 2.20. The van der Waals surface area contributed by atoms with E-state index in [-0.39, 0.29) is 0 Å². The van der Waals surface area contributed by atoms with Crippen molar-refractivity contribution in [3.63, 3.8) is 0 Å². The van der Waals surface area contributed by atoms with Crippen LogP contribution < -0.4 is 10.5 Å². The Balaban J connectivity index is 2.59. The van der Waals surface area contributed by atoms with Crippen molar-refractivity contribution >= 4 is 11.6 Å². The molecule has 0 heterocycles. The third kappa shape index (κ3) is 3.20. The van der Waals surface area contributed by atoms with Crippen molar-refractivity contribution in [1.29, 1.82) is 0 Å². The standard InChI is InChI=1S/C11H16ClNO/c1-2-3-6-14-11-5-4-9(8-13)7-10(11)12/h4-5,7H,2-3,6,8,13H2,1H3. The summed E-state index contributed by atoms with van der Waals surface area (Å²) >= 11 is 6.01. The number of unbranched alkanes of at least 4 members (excludes halogenated alkanes) is 1. The van der Waals surface area contributed by atoms with E-state index in [0.29, 0.717) is 11.6 Å². The van der Waals surface area contributed by atoms with Gasteiger partial charge in [-0.25, -0.2) is 0 Å². The van der Waals surface area contributed by atoms with Gasteiger partial charge in [-0.05, 0) is 24.1 Å². The van der Waals surface area contributed by atoms with Gasteiger partial charge < -0.3 is 10.5 Å². The molecular weight excluding hydrogens is 198 g/mol. The molecule has 1 aromatic rings. The Labute approximate surface area is 90.0 Å². The molecule has 0 aliphatic carbocycles. The molecule has 2 N–H and O–H groups in total. The highest BCUT2D eigenvalue weighted by Gasteiger charge is 2.01. The number of hydrogen-bond acceptors (Lipinski definition) is 2. The molecule has 0 aromatic heterocycles. The molecule has 0 fully saturated rings. The SMILES string of the molecule is CCCCOc1ccc(CN)cc1Cl. The number of rotatable bonds is 5. The monoisotopic (exact) mass is 213 g/mol. The van der Waals surface area contributed by atoms with Crippen LogP contribution in [0.3, 0.4) is 0 Å². The van der Waals surface area contributed by atoms with Crippen LogP contribution >= 0.6 is 11.6 Å². The maximum Gasteiger partial charge on any atom is 0.137 e. The zero-order valence-electron chi connectivity index (χ0n) is 8.42. The van der Waals surface area contributed by atoms with Crippen LogP contribution in [-0.2, 0) is 6.54 Å². The molecule has 0 aliphatic rings. The molecule has 0 atom stereocenters. The highest BCUT2D eigenvalue weighted by atomic mass is 35.5. The van der Waals surface area contributed by atoms with Crippen molar-refractivity contribution < 1.29 is 4.74 Å². The molecule has 0 spiro atoms. The summed E-state index contributed by atoms with van der Waals surface area (Å²) in [5, 5.41) is 0.643. The lowest BCUT2D eigenvalue weighted by Gasteiger charge is -2.08. The van der Waals surface area contributed by atoms with Crippen LogP contribution in [-0.4, -0.2) is 6.61 Å².